The summed E-state index contributed by atoms with van der Waals surface area (Å²) in [5.74, 6) is 0.267. The zero-order chi connectivity index (χ0) is 16.3. The fourth-order valence-electron chi connectivity index (χ4n) is 3.27. The van der Waals surface area contributed by atoms with E-state index in [-0.39, 0.29) is 11.4 Å². The monoisotopic (exact) mass is 304 g/mol. The smallest absolute Gasteiger partial charge is 0.342 e. The normalized spacial score (nSPS) is 18.4. The van der Waals surface area contributed by atoms with E-state index < -0.39 is 5.97 Å². The molecule has 0 radical (unpaired) electrons. The number of phenols is 1. The van der Waals surface area contributed by atoms with E-state index in [0.717, 1.165) is 37.7 Å². The minimum absolute atomic E-state index is 0.00829. The van der Waals surface area contributed by atoms with Gasteiger partial charge in [-0.05, 0) is 61.6 Å². The maximum absolute atomic E-state index is 12.6. The molecule has 1 atom stereocenters. The Bertz CT molecular complexity index is 527. The molecule has 0 aliphatic heterocycles. The number of aromatic hydroxyl groups is 1. The first kappa shape index (κ1) is 16.9. The van der Waals surface area contributed by atoms with E-state index in [1.165, 1.54) is 0 Å². The maximum atomic E-state index is 12.6. The van der Waals surface area contributed by atoms with Crippen molar-refractivity contribution in [3.8, 4) is 5.75 Å². The van der Waals surface area contributed by atoms with E-state index in [0.29, 0.717) is 17.4 Å². The van der Waals surface area contributed by atoms with Gasteiger partial charge in [-0.2, -0.15) is 0 Å². The first-order chi connectivity index (χ1) is 10.4. The number of benzene rings is 1. The summed E-state index contributed by atoms with van der Waals surface area (Å²) in [7, 11) is 0. The van der Waals surface area contributed by atoms with Gasteiger partial charge in [0.2, 0.25) is 0 Å². The fraction of sp³-hybridized carbons (Fsp3) is 0.632. The van der Waals surface area contributed by atoms with E-state index in [4.69, 9.17) is 4.74 Å². The third-order valence-corrected chi connectivity index (χ3v) is 5.22. The fourth-order valence-corrected chi connectivity index (χ4v) is 3.27. The Kier molecular flexibility index (Phi) is 5.15. The molecule has 2 rings (SSSR count). The Morgan fingerprint density at radius 2 is 1.91 bits per heavy atom. The van der Waals surface area contributed by atoms with Crippen LogP contribution >= 0.6 is 0 Å². The Labute approximate surface area is 133 Å². The number of phenolic OH excluding ortho intramolecular Hbond substituents is 1. The van der Waals surface area contributed by atoms with Crippen LogP contribution in [0.2, 0.25) is 0 Å². The van der Waals surface area contributed by atoms with E-state index >= 15 is 0 Å². The Hall–Kier alpha value is -1.51. The summed E-state index contributed by atoms with van der Waals surface area (Å²) in [5, 5.41) is 10.1. The molecule has 0 spiro atoms. The van der Waals surface area contributed by atoms with Gasteiger partial charge in [-0.3, -0.25) is 0 Å². The molecule has 3 nitrogen and oxygen atoms in total. The van der Waals surface area contributed by atoms with Crippen LogP contribution in [0.5, 0.6) is 5.75 Å². The summed E-state index contributed by atoms with van der Waals surface area (Å²) in [6.07, 6.45) is 5.04. The first-order valence-corrected chi connectivity index (χ1v) is 8.46. The molecular formula is C19H28O3. The zero-order valence-corrected chi connectivity index (χ0v) is 14.2. The maximum Gasteiger partial charge on any atom is 0.342 e. The Morgan fingerprint density at radius 1 is 1.27 bits per heavy atom. The molecular weight excluding hydrogens is 276 g/mol. The number of rotatable bonds is 5. The highest BCUT2D eigenvalue weighted by atomic mass is 16.6. The van der Waals surface area contributed by atoms with Crippen LogP contribution in [0.1, 0.15) is 81.6 Å². The van der Waals surface area contributed by atoms with Crippen molar-refractivity contribution in [1.82, 2.24) is 0 Å². The van der Waals surface area contributed by atoms with Crippen LogP contribution in [0.3, 0.4) is 0 Å². The van der Waals surface area contributed by atoms with E-state index in [1.54, 1.807) is 12.1 Å². The van der Waals surface area contributed by atoms with Crippen molar-refractivity contribution < 1.29 is 14.6 Å². The third kappa shape index (κ3) is 3.29. The largest absolute Gasteiger partial charge is 0.507 e. The minimum Gasteiger partial charge on any atom is -0.507 e. The lowest BCUT2D eigenvalue weighted by molar-refractivity contribution is -0.0399. The summed E-state index contributed by atoms with van der Waals surface area (Å²) >= 11 is 0. The van der Waals surface area contributed by atoms with Crippen LogP contribution in [-0.2, 0) is 4.74 Å². The minimum atomic E-state index is -0.391. The van der Waals surface area contributed by atoms with Crippen LogP contribution in [0.25, 0.3) is 0 Å². The van der Waals surface area contributed by atoms with E-state index in [1.807, 2.05) is 6.07 Å². The predicted molar refractivity (Wildman–Crippen MR) is 88.3 cm³/mol. The molecule has 1 fully saturated rings. The van der Waals surface area contributed by atoms with Crippen molar-refractivity contribution >= 4 is 5.97 Å². The van der Waals surface area contributed by atoms with Gasteiger partial charge < -0.3 is 9.84 Å². The molecule has 0 heterocycles. The second-order valence-corrected chi connectivity index (χ2v) is 6.90. The number of carbonyl (C=O) groups is 1. The van der Waals surface area contributed by atoms with Crippen LogP contribution in [0.4, 0.5) is 0 Å². The molecule has 1 unspecified atom stereocenters. The van der Waals surface area contributed by atoms with Crippen LogP contribution in [0, 0.1) is 5.92 Å². The average Bonchev–Trinajstić information content (AvgIpc) is 2.96. The SMILES string of the molecule is CCC(C)c1ccc(O)c(C(=O)OC2(C(C)C)CCCC2)c1. The summed E-state index contributed by atoms with van der Waals surface area (Å²) in [6, 6.07) is 5.28. The standard InChI is InChI=1S/C19H28O3/c1-5-14(4)15-8-9-17(20)16(12-15)18(21)22-19(13(2)3)10-6-7-11-19/h8-9,12-14,20H,5-7,10-11H2,1-4H3. The average molecular weight is 304 g/mol. The zero-order valence-electron chi connectivity index (χ0n) is 14.2. The predicted octanol–water partition coefficient (Wildman–Crippen LogP) is 5.03. The van der Waals surface area contributed by atoms with E-state index in [2.05, 4.69) is 27.7 Å². The third-order valence-electron chi connectivity index (χ3n) is 5.22. The molecule has 1 aliphatic rings. The van der Waals surface area contributed by atoms with Crippen molar-refractivity contribution in [2.45, 2.75) is 71.3 Å². The van der Waals surface area contributed by atoms with Gasteiger partial charge in [-0.25, -0.2) is 4.79 Å². The van der Waals surface area contributed by atoms with Crippen molar-refractivity contribution in [3.05, 3.63) is 29.3 Å². The van der Waals surface area contributed by atoms with Crippen molar-refractivity contribution in [1.29, 1.82) is 0 Å². The Morgan fingerprint density at radius 3 is 2.45 bits per heavy atom. The molecule has 1 aromatic rings. The second kappa shape index (κ2) is 6.72. The lowest BCUT2D eigenvalue weighted by atomic mass is 9.88. The summed E-state index contributed by atoms with van der Waals surface area (Å²) in [4.78, 5) is 12.6. The number of hydrogen-bond donors (Lipinski definition) is 1. The highest BCUT2D eigenvalue weighted by Crippen LogP contribution is 2.40. The van der Waals surface area contributed by atoms with Crippen molar-refractivity contribution in [3.63, 3.8) is 0 Å². The highest BCUT2D eigenvalue weighted by molar-refractivity contribution is 5.93. The molecule has 122 valence electrons. The summed E-state index contributed by atoms with van der Waals surface area (Å²) in [5.41, 5.74) is 0.998. The lowest BCUT2D eigenvalue weighted by Crippen LogP contribution is -2.37. The molecule has 1 aliphatic carbocycles. The number of carbonyl (C=O) groups excluding carboxylic acids is 1. The van der Waals surface area contributed by atoms with Gasteiger partial charge in [0.25, 0.3) is 0 Å². The molecule has 0 aromatic heterocycles. The van der Waals surface area contributed by atoms with Gasteiger partial charge >= 0.3 is 5.97 Å². The molecule has 1 aromatic carbocycles. The highest BCUT2D eigenvalue weighted by Gasteiger charge is 2.41. The topological polar surface area (TPSA) is 46.5 Å². The van der Waals surface area contributed by atoms with Gasteiger partial charge in [0, 0.05) is 0 Å². The molecule has 0 bridgehead atoms. The van der Waals surface area contributed by atoms with Crippen molar-refractivity contribution in [2.24, 2.45) is 5.92 Å². The van der Waals surface area contributed by atoms with Crippen molar-refractivity contribution in [2.75, 3.05) is 0 Å². The van der Waals surface area contributed by atoms with E-state index in [9.17, 15) is 9.90 Å². The van der Waals surface area contributed by atoms with Gasteiger partial charge in [-0.1, -0.05) is 33.8 Å². The van der Waals surface area contributed by atoms with Gasteiger partial charge in [0.05, 0.1) is 0 Å². The molecule has 3 heteroatoms. The quantitative estimate of drug-likeness (QED) is 0.776. The second-order valence-electron chi connectivity index (χ2n) is 6.90. The summed E-state index contributed by atoms with van der Waals surface area (Å²) < 4.78 is 5.90. The molecule has 0 saturated heterocycles. The van der Waals surface area contributed by atoms with Gasteiger partial charge in [0.15, 0.2) is 0 Å². The number of hydrogen-bond acceptors (Lipinski definition) is 3. The Balaban J connectivity index is 2.25. The molecule has 0 amide bonds. The molecule has 1 N–H and O–H groups in total. The molecule has 22 heavy (non-hydrogen) atoms. The summed E-state index contributed by atoms with van der Waals surface area (Å²) in [6.45, 7) is 8.44. The molecule has 1 saturated carbocycles. The van der Waals surface area contributed by atoms with Gasteiger partial charge in [-0.15, -0.1) is 0 Å². The van der Waals surface area contributed by atoms with Gasteiger partial charge in [0.1, 0.15) is 16.9 Å². The van der Waals surface area contributed by atoms with Crippen LogP contribution in [-0.4, -0.2) is 16.7 Å². The number of esters is 1. The van der Waals surface area contributed by atoms with Crippen LogP contribution < -0.4 is 0 Å². The number of ether oxygens (including phenoxy) is 1. The first-order valence-electron chi connectivity index (χ1n) is 8.46. The lowest BCUT2D eigenvalue weighted by Gasteiger charge is -2.33. The van der Waals surface area contributed by atoms with Crippen LogP contribution in [0.15, 0.2) is 18.2 Å².